The van der Waals surface area contributed by atoms with Gasteiger partial charge in [0, 0.05) is 0 Å². The maximum Gasteiger partial charge on any atom is 0.122 e. The molecule has 1 heteroatoms. The van der Waals surface area contributed by atoms with E-state index in [0.717, 1.165) is 23.7 Å². The SMILES string of the molecule is Cc1cc([C@H]2C[C@@H]3CC[C@@H]2C3)c(O)c([C@H]2C[C@H]3CC[C@@H]2C3)c1. The molecule has 0 heterocycles. The zero-order chi connectivity index (χ0) is 14.8. The van der Waals surface area contributed by atoms with E-state index in [0.29, 0.717) is 17.6 Å². The van der Waals surface area contributed by atoms with Crippen molar-refractivity contribution < 1.29 is 5.11 Å². The molecule has 4 saturated carbocycles. The fraction of sp³-hybridized carbons (Fsp3) is 0.714. The summed E-state index contributed by atoms with van der Waals surface area (Å²) >= 11 is 0. The lowest BCUT2D eigenvalue weighted by atomic mass is 9.77. The Hall–Kier alpha value is -0.980. The highest BCUT2D eigenvalue weighted by atomic mass is 16.3. The third-order valence-electron chi connectivity index (χ3n) is 7.59. The molecule has 1 nitrogen and oxygen atoms in total. The van der Waals surface area contributed by atoms with Gasteiger partial charge in [-0.2, -0.15) is 0 Å². The first-order valence-electron chi connectivity index (χ1n) is 9.52. The van der Waals surface area contributed by atoms with Crippen LogP contribution in [0.2, 0.25) is 0 Å². The van der Waals surface area contributed by atoms with Crippen molar-refractivity contribution in [3.63, 3.8) is 0 Å². The average molecular weight is 296 g/mol. The smallest absolute Gasteiger partial charge is 0.122 e. The van der Waals surface area contributed by atoms with Crippen molar-refractivity contribution in [1.29, 1.82) is 0 Å². The Morgan fingerprint density at radius 1 is 0.773 bits per heavy atom. The highest BCUT2D eigenvalue weighted by Gasteiger charge is 2.44. The molecular weight excluding hydrogens is 268 g/mol. The van der Waals surface area contributed by atoms with Gasteiger partial charge >= 0.3 is 0 Å². The first kappa shape index (κ1) is 13.5. The van der Waals surface area contributed by atoms with Crippen LogP contribution in [0.3, 0.4) is 0 Å². The minimum Gasteiger partial charge on any atom is -0.507 e. The van der Waals surface area contributed by atoms with Crippen LogP contribution in [-0.4, -0.2) is 5.11 Å². The van der Waals surface area contributed by atoms with Crippen LogP contribution in [0.4, 0.5) is 0 Å². The van der Waals surface area contributed by atoms with Crippen LogP contribution >= 0.6 is 0 Å². The highest BCUT2D eigenvalue weighted by Crippen LogP contribution is 2.58. The number of phenolic OH excluding ortho intramolecular Hbond substituents is 1. The molecule has 0 unspecified atom stereocenters. The minimum absolute atomic E-state index is 0.649. The van der Waals surface area contributed by atoms with E-state index in [9.17, 15) is 5.11 Å². The van der Waals surface area contributed by atoms with Gasteiger partial charge in [0.15, 0.2) is 0 Å². The van der Waals surface area contributed by atoms with Crippen molar-refractivity contribution in [1.82, 2.24) is 0 Å². The van der Waals surface area contributed by atoms with Gasteiger partial charge in [-0.05, 0) is 92.1 Å². The molecule has 4 aliphatic rings. The minimum atomic E-state index is 0.649. The number of aryl methyl sites for hydroxylation is 1. The summed E-state index contributed by atoms with van der Waals surface area (Å²) in [5, 5.41) is 11.1. The Bertz CT molecular complexity index is 555. The summed E-state index contributed by atoms with van der Waals surface area (Å²) in [5.74, 6) is 5.59. The molecule has 0 amide bonds. The van der Waals surface area contributed by atoms with E-state index >= 15 is 0 Å². The van der Waals surface area contributed by atoms with Crippen LogP contribution in [0.15, 0.2) is 12.1 Å². The number of aromatic hydroxyl groups is 1. The summed E-state index contributed by atoms with van der Waals surface area (Å²) in [5.41, 5.74) is 3.99. The van der Waals surface area contributed by atoms with Gasteiger partial charge in [0.2, 0.25) is 0 Å². The number of rotatable bonds is 2. The predicted molar refractivity (Wildman–Crippen MR) is 89.2 cm³/mol. The van der Waals surface area contributed by atoms with Crippen LogP contribution in [0, 0.1) is 30.6 Å². The second-order valence-electron chi connectivity index (χ2n) is 8.85. The maximum absolute atomic E-state index is 11.1. The third-order valence-corrected chi connectivity index (χ3v) is 7.59. The summed E-state index contributed by atoms with van der Waals surface area (Å²) < 4.78 is 0. The lowest BCUT2D eigenvalue weighted by Gasteiger charge is -2.28. The Morgan fingerprint density at radius 2 is 1.27 bits per heavy atom. The Kier molecular flexibility index (Phi) is 2.91. The molecular formula is C21H28O. The topological polar surface area (TPSA) is 20.2 Å². The van der Waals surface area contributed by atoms with Crippen molar-refractivity contribution in [2.24, 2.45) is 23.7 Å². The first-order chi connectivity index (χ1) is 10.7. The summed E-state index contributed by atoms with van der Waals surface area (Å²) in [4.78, 5) is 0. The monoisotopic (exact) mass is 296 g/mol. The van der Waals surface area contributed by atoms with Gasteiger partial charge in [0.1, 0.15) is 5.75 Å². The molecule has 1 aromatic rings. The van der Waals surface area contributed by atoms with E-state index in [2.05, 4.69) is 19.1 Å². The molecule has 4 bridgehead atoms. The highest BCUT2D eigenvalue weighted by molar-refractivity contribution is 5.48. The maximum atomic E-state index is 11.1. The van der Waals surface area contributed by atoms with E-state index in [1.54, 1.807) is 0 Å². The lowest BCUT2D eigenvalue weighted by molar-refractivity contribution is 0.376. The predicted octanol–water partition coefficient (Wildman–Crippen LogP) is 5.51. The summed E-state index contributed by atoms with van der Waals surface area (Å²) in [6.45, 7) is 2.23. The van der Waals surface area contributed by atoms with Crippen molar-refractivity contribution in [2.75, 3.05) is 0 Å². The number of phenols is 1. The largest absolute Gasteiger partial charge is 0.507 e. The van der Waals surface area contributed by atoms with Gasteiger partial charge in [0.25, 0.3) is 0 Å². The Labute approximate surface area is 134 Å². The van der Waals surface area contributed by atoms with Crippen LogP contribution in [-0.2, 0) is 0 Å². The molecule has 4 aliphatic carbocycles. The summed E-state index contributed by atoms with van der Waals surface area (Å²) in [6.07, 6.45) is 11.2. The normalized spacial score (nSPS) is 42.4. The number of benzene rings is 1. The fourth-order valence-electron chi connectivity index (χ4n) is 6.65. The van der Waals surface area contributed by atoms with Crippen LogP contribution < -0.4 is 0 Å². The van der Waals surface area contributed by atoms with Crippen LogP contribution in [0.1, 0.15) is 79.9 Å². The Balaban J connectivity index is 1.53. The van der Waals surface area contributed by atoms with E-state index in [4.69, 9.17) is 0 Å². The fourth-order valence-corrected chi connectivity index (χ4v) is 6.65. The molecule has 0 radical (unpaired) electrons. The number of hydrogen-bond acceptors (Lipinski definition) is 1. The molecule has 1 N–H and O–H groups in total. The van der Waals surface area contributed by atoms with Gasteiger partial charge in [-0.15, -0.1) is 0 Å². The molecule has 0 aliphatic heterocycles. The van der Waals surface area contributed by atoms with Gasteiger partial charge in [-0.1, -0.05) is 30.5 Å². The first-order valence-corrected chi connectivity index (χ1v) is 9.52. The van der Waals surface area contributed by atoms with E-state index in [1.165, 1.54) is 68.1 Å². The molecule has 1 aromatic carbocycles. The van der Waals surface area contributed by atoms with E-state index < -0.39 is 0 Å². The van der Waals surface area contributed by atoms with Crippen LogP contribution in [0.25, 0.3) is 0 Å². The average Bonchev–Trinajstić information content (AvgIpc) is 3.29. The quantitative estimate of drug-likeness (QED) is 0.763. The van der Waals surface area contributed by atoms with Crippen molar-refractivity contribution in [3.8, 4) is 5.75 Å². The zero-order valence-electron chi connectivity index (χ0n) is 13.7. The molecule has 5 rings (SSSR count). The van der Waals surface area contributed by atoms with Crippen LogP contribution in [0.5, 0.6) is 5.75 Å². The van der Waals surface area contributed by atoms with Crippen molar-refractivity contribution in [2.45, 2.75) is 70.1 Å². The van der Waals surface area contributed by atoms with E-state index in [1.807, 2.05) is 0 Å². The molecule has 22 heavy (non-hydrogen) atoms. The van der Waals surface area contributed by atoms with Crippen molar-refractivity contribution >= 4 is 0 Å². The summed E-state index contributed by atoms with van der Waals surface area (Å²) in [7, 11) is 0. The molecule has 4 fully saturated rings. The second kappa shape index (κ2) is 4.76. The van der Waals surface area contributed by atoms with Gasteiger partial charge < -0.3 is 5.11 Å². The second-order valence-corrected chi connectivity index (χ2v) is 8.85. The Morgan fingerprint density at radius 3 is 1.64 bits per heavy atom. The number of fused-ring (bicyclic) bond motifs is 4. The van der Waals surface area contributed by atoms with Gasteiger partial charge in [0.05, 0.1) is 0 Å². The molecule has 118 valence electrons. The molecule has 6 atom stereocenters. The molecule has 0 aromatic heterocycles. The van der Waals surface area contributed by atoms with Gasteiger partial charge in [-0.25, -0.2) is 0 Å². The van der Waals surface area contributed by atoms with Crippen molar-refractivity contribution in [3.05, 3.63) is 28.8 Å². The standard InChI is InChI=1S/C21H28O/c1-12-6-19(17-10-13-2-4-15(17)8-13)21(22)20(7-12)18-11-14-3-5-16(18)9-14/h6-7,13-18,22H,2-5,8-11H2,1H3/t13-,14+,15-,16-,17+,18+/m1/s1. The number of hydrogen-bond donors (Lipinski definition) is 1. The third kappa shape index (κ3) is 1.90. The zero-order valence-corrected chi connectivity index (χ0v) is 13.7. The molecule has 0 saturated heterocycles. The summed E-state index contributed by atoms with van der Waals surface area (Å²) in [6, 6.07) is 4.61. The molecule has 0 spiro atoms. The lowest BCUT2D eigenvalue weighted by Crippen LogP contribution is -2.13. The van der Waals surface area contributed by atoms with Gasteiger partial charge in [-0.3, -0.25) is 0 Å². The van der Waals surface area contributed by atoms with E-state index in [-0.39, 0.29) is 0 Å².